The van der Waals surface area contributed by atoms with Crippen molar-refractivity contribution in [3.63, 3.8) is 0 Å². The van der Waals surface area contributed by atoms with Crippen LogP contribution in [0, 0.1) is 0 Å². The monoisotopic (exact) mass is 194 g/mol. The van der Waals surface area contributed by atoms with E-state index in [9.17, 15) is 0 Å². The van der Waals surface area contributed by atoms with E-state index in [0.29, 0.717) is 11.9 Å². The third-order valence-electron chi connectivity index (χ3n) is 1.66. The summed E-state index contributed by atoms with van der Waals surface area (Å²) < 4.78 is 0. The smallest absolute Gasteiger partial charge is 0.0431 e. The fraction of sp³-hybridized carbons (Fsp3) is 1.00. The van der Waals surface area contributed by atoms with Gasteiger partial charge in [0.15, 0.2) is 0 Å². The summed E-state index contributed by atoms with van der Waals surface area (Å²) in [6, 6.07) is 0. The first-order valence-corrected chi connectivity index (χ1v) is 5.36. The second-order valence-corrected chi connectivity index (χ2v) is 3.92. The van der Waals surface area contributed by atoms with Crippen LogP contribution < -0.4 is 0 Å². The zero-order valence-corrected chi connectivity index (χ0v) is 8.66. The molecule has 0 bridgehead atoms. The van der Waals surface area contributed by atoms with E-state index in [-0.39, 0.29) is 0 Å². The third-order valence-corrected chi connectivity index (χ3v) is 2.43. The first kappa shape index (κ1) is 11.7. The van der Waals surface area contributed by atoms with Gasteiger partial charge in [-0.25, -0.2) is 0 Å². The molecule has 0 amide bonds. The molecule has 3 heteroatoms. The molecule has 0 aliphatic heterocycles. The van der Waals surface area contributed by atoms with Crippen molar-refractivity contribution in [2.24, 2.45) is 0 Å². The first-order valence-electron chi connectivity index (χ1n) is 4.21. The van der Waals surface area contributed by atoms with E-state index < -0.39 is 0 Å². The predicted octanol–water partition coefficient (Wildman–Crippen LogP) is 2.16. The summed E-state index contributed by atoms with van der Waals surface area (Å²) in [6.45, 7) is 0.323. The molecular formula is C8H18OS2. The lowest BCUT2D eigenvalue weighted by Gasteiger charge is -2.07. The Morgan fingerprint density at radius 2 is 1.82 bits per heavy atom. The van der Waals surface area contributed by atoms with Crippen molar-refractivity contribution in [1.82, 2.24) is 0 Å². The second-order valence-electron chi connectivity index (χ2n) is 2.74. The fourth-order valence-corrected chi connectivity index (χ4v) is 1.79. The van der Waals surface area contributed by atoms with Gasteiger partial charge in [-0.3, -0.25) is 0 Å². The highest BCUT2D eigenvalue weighted by Gasteiger charge is 2.00. The molecular weight excluding hydrogens is 176 g/mol. The van der Waals surface area contributed by atoms with E-state index in [2.05, 4.69) is 25.3 Å². The lowest BCUT2D eigenvalue weighted by molar-refractivity contribution is 0.282. The zero-order chi connectivity index (χ0) is 8.53. The summed E-state index contributed by atoms with van der Waals surface area (Å²) in [5, 5.41) is 9.01. The minimum atomic E-state index is 0.323. The summed E-state index contributed by atoms with van der Waals surface area (Å²) in [4.78, 5) is 0. The van der Waals surface area contributed by atoms with Gasteiger partial charge >= 0.3 is 0 Å². The highest BCUT2D eigenvalue weighted by molar-refractivity contribution is 7.81. The normalized spacial score (nSPS) is 13.4. The van der Waals surface area contributed by atoms with Crippen LogP contribution >= 0.6 is 25.3 Å². The molecule has 1 nitrogen and oxygen atoms in total. The van der Waals surface area contributed by atoms with Crippen LogP contribution in [0.25, 0.3) is 0 Å². The molecule has 1 N–H and O–H groups in total. The molecule has 11 heavy (non-hydrogen) atoms. The molecule has 0 aromatic heterocycles. The predicted molar refractivity (Wildman–Crippen MR) is 56.8 cm³/mol. The van der Waals surface area contributed by atoms with E-state index in [1.165, 1.54) is 6.42 Å². The summed E-state index contributed by atoms with van der Waals surface area (Å²) in [5.74, 6) is 0.925. The fourth-order valence-electron chi connectivity index (χ4n) is 0.962. The molecule has 0 rings (SSSR count). The Labute approximate surface area is 80.4 Å². The van der Waals surface area contributed by atoms with Crippen molar-refractivity contribution in [2.45, 2.75) is 37.4 Å². The molecule has 0 saturated heterocycles. The van der Waals surface area contributed by atoms with Crippen LogP contribution in [0.1, 0.15) is 32.1 Å². The van der Waals surface area contributed by atoms with Gasteiger partial charge in [0.05, 0.1) is 0 Å². The number of hydrogen-bond acceptors (Lipinski definition) is 3. The number of aliphatic hydroxyl groups is 1. The van der Waals surface area contributed by atoms with E-state index in [4.69, 9.17) is 5.11 Å². The molecule has 0 heterocycles. The van der Waals surface area contributed by atoms with Gasteiger partial charge in [-0.1, -0.05) is 12.8 Å². The van der Waals surface area contributed by atoms with Gasteiger partial charge in [0.25, 0.3) is 0 Å². The molecule has 0 spiro atoms. The SMILES string of the molecule is OCCCCC[C@@H](S)CCS. The highest BCUT2D eigenvalue weighted by Crippen LogP contribution is 2.12. The van der Waals surface area contributed by atoms with Crippen molar-refractivity contribution in [2.75, 3.05) is 12.4 Å². The van der Waals surface area contributed by atoms with Crippen LogP contribution in [-0.4, -0.2) is 22.7 Å². The van der Waals surface area contributed by atoms with Gasteiger partial charge in [-0.15, -0.1) is 0 Å². The van der Waals surface area contributed by atoms with Gasteiger partial charge in [0.1, 0.15) is 0 Å². The number of unbranched alkanes of at least 4 members (excludes halogenated alkanes) is 2. The number of rotatable bonds is 7. The summed E-state index contributed by atoms with van der Waals surface area (Å²) in [6.07, 6.45) is 5.49. The number of hydrogen-bond donors (Lipinski definition) is 3. The van der Waals surface area contributed by atoms with Crippen LogP contribution in [0.15, 0.2) is 0 Å². The quantitative estimate of drug-likeness (QED) is 0.419. The van der Waals surface area contributed by atoms with Crippen LogP contribution in [0.3, 0.4) is 0 Å². The lowest BCUT2D eigenvalue weighted by atomic mass is 10.1. The molecule has 0 aromatic carbocycles. The minimum absolute atomic E-state index is 0.323. The highest BCUT2D eigenvalue weighted by atomic mass is 32.1. The third kappa shape index (κ3) is 8.57. The molecule has 0 aliphatic rings. The Hall–Kier alpha value is 0.660. The molecule has 0 saturated carbocycles. The molecule has 1 atom stereocenters. The Morgan fingerprint density at radius 3 is 2.36 bits per heavy atom. The van der Waals surface area contributed by atoms with E-state index >= 15 is 0 Å². The molecule has 0 radical (unpaired) electrons. The molecule has 0 aliphatic carbocycles. The van der Waals surface area contributed by atoms with Crippen molar-refractivity contribution >= 4 is 25.3 Å². The first-order chi connectivity index (χ1) is 5.31. The van der Waals surface area contributed by atoms with Gasteiger partial charge in [0.2, 0.25) is 0 Å². The second kappa shape index (κ2) is 8.75. The average Bonchev–Trinajstić information content (AvgIpc) is 1.99. The molecule has 68 valence electrons. The van der Waals surface area contributed by atoms with Gasteiger partial charge < -0.3 is 5.11 Å². The van der Waals surface area contributed by atoms with Crippen LogP contribution in [0.2, 0.25) is 0 Å². The lowest BCUT2D eigenvalue weighted by Crippen LogP contribution is -1.99. The zero-order valence-electron chi connectivity index (χ0n) is 6.87. The summed E-state index contributed by atoms with van der Waals surface area (Å²) in [5.41, 5.74) is 0. The maximum atomic E-state index is 8.50. The molecule has 0 fully saturated rings. The largest absolute Gasteiger partial charge is 0.396 e. The van der Waals surface area contributed by atoms with Crippen molar-refractivity contribution in [3.8, 4) is 0 Å². The van der Waals surface area contributed by atoms with Crippen molar-refractivity contribution in [3.05, 3.63) is 0 Å². The van der Waals surface area contributed by atoms with Gasteiger partial charge in [-0.2, -0.15) is 25.3 Å². The standard InChI is InChI=1S/C8H18OS2/c9-6-3-1-2-4-8(11)5-7-10/h8-11H,1-7H2/t8-/m1/s1. The Balaban J connectivity index is 2.97. The van der Waals surface area contributed by atoms with Crippen molar-refractivity contribution in [1.29, 1.82) is 0 Å². The van der Waals surface area contributed by atoms with E-state index in [1.54, 1.807) is 0 Å². The van der Waals surface area contributed by atoms with Crippen molar-refractivity contribution < 1.29 is 5.11 Å². The Kier molecular flexibility index (Phi) is 9.28. The maximum absolute atomic E-state index is 8.50. The van der Waals surface area contributed by atoms with E-state index in [1.807, 2.05) is 0 Å². The van der Waals surface area contributed by atoms with Crippen LogP contribution in [0.5, 0.6) is 0 Å². The molecule has 0 unspecified atom stereocenters. The minimum Gasteiger partial charge on any atom is -0.396 e. The topological polar surface area (TPSA) is 20.2 Å². The van der Waals surface area contributed by atoms with Crippen LogP contribution in [0.4, 0.5) is 0 Å². The number of aliphatic hydroxyl groups excluding tert-OH is 1. The Bertz CT molecular complexity index is 78.5. The maximum Gasteiger partial charge on any atom is 0.0431 e. The molecule has 0 aromatic rings. The number of thiol groups is 2. The Morgan fingerprint density at radius 1 is 1.09 bits per heavy atom. The average molecular weight is 194 g/mol. The van der Waals surface area contributed by atoms with E-state index in [0.717, 1.165) is 31.4 Å². The summed E-state index contributed by atoms with van der Waals surface area (Å²) in [7, 11) is 0. The van der Waals surface area contributed by atoms with Gasteiger partial charge in [0, 0.05) is 11.9 Å². The summed E-state index contributed by atoms with van der Waals surface area (Å²) >= 11 is 8.54. The van der Waals surface area contributed by atoms with Crippen LogP contribution in [-0.2, 0) is 0 Å². The van der Waals surface area contributed by atoms with Gasteiger partial charge in [-0.05, 0) is 25.0 Å².